The van der Waals surface area contributed by atoms with Crippen molar-refractivity contribution in [3.8, 4) is 0 Å². The predicted octanol–water partition coefficient (Wildman–Crippen LogP) is 2.31. The van der Waals surface area contributed by atoms with Gasteiger partial charge < -0.3 is 20.4 Å². The Balaban J connectivity index is 1.44. The van der Waals surface area contributed by atoms with E-state index >= 15 is 0 Å². The summed E-state index contributed by atoms with van der Waals surface area (Å²) < 4.78 is 39.9. The first kappa shape index (κ1) is 20.9. The van der Waals surface area contributed by atoms with Crippen molar-refractivity contribution >= 4 is 29.3 Å². The first-order chi connectivity index (χ1) is 14.7. The van der Waals surface area contributed by atoms with E-state index < -0.39 is 23.4 Å². The molecule has 2 amide bonds. The first-order valence-electron chi connectivity index (χ1n) is 9.82. The zero-order valence-corrected chi connectivity index (χ0v) is 17.2. The summed E-state index contributed by atoms with van der Waals surface area (Å²) in [5.41, 5.74) is 0.916. The van der Waals surface area contributed by atoms with E-state index in [1.807, 2.05) is 11.8 Å². The first-order valence-corrected chi connectivity index (χ1v) is 9.82. The highest BCUT2D eigenvalue weighted by Gasteiger charge is 2.35. The third-order valence-corrected chi connectivity index (χ3v) is 5.54. The van der Waals surface area contributed by atoms with Gasteiger partial charge in [0, 0.05) is 25.7 Å². The number of halogens is 3. The van der Waals surface area contributed by atoms with Gasteiger partial charge in [-0.2, -0.15) is 4.98 Å². The smallest absolute Gasteiger partial charge is 0.254 e. The van der Waals surface area contributed by atoms with E-state index in [0.29, 0.717) is 41.7 Å². The van der Waals surface area contributed by atoms with Gasteiger partial charge in [0.15, 0.2) is 23.3 Å². The molecule has 0 spiro atoms. The maximum absolute atomic E-state index is 13.4. The monoisotopic (exact) mass is 434 g/mol. The van der Waals surface area contributed by atoms with Gasteiger partial charge in [-0.15, -0.1) is 0 Å². The fourth-order valence-electron chi connectivity index (χ4n) is 3.79. The molecule has 31 heavy (non-hydrogen) atoms. The standard InChI is InChI=1S/C20H21F3N6O2/c1-4-14-18(30)26-16-9(2)24-20(27-17(16)28(14)3)25-11-7-29(8-11)19(31)10-5-12(21)15(23)13(22)6-10/h5-6,11,14H,4,7-8H2,1-3H3,(H,26,30)(H,24,25,27)/t14-/m0/s1. The number of likely N-dealkylation sites (N-methyl/N-ethyl adjacent to an activating group) is 1. The third-order valence-electron chi connectivity index (χ3n) is 5.54. The highest BCUT2D eigenvalue weighted by atomic mass is 19.2. The van der Waals surface area contributed by atoms with Crippen LogP contribution in [0, 0.1) is 24.4 Å². The number of fused-ring (bicyclic) bond motifs is 1. The number of aryl methyl sites for hydroxylation is 1. The Morgan fingerprint density at radius 3 is 2.48 bits per heavy atom. The second kappa shape index (κ2) is 7.71. The van der Waals surface area contributed by atoms with Crippen molar-refractivity contribution in [1.29, 1.82) is 0 Å². The molecule has 8 nitrogen and oxygen atoms in total. The Labute approximate surface area is 176 Å². The van der Waals surface area contributed by atoms with E-state index in [1.54, 1.807) is 14.0 Å². The number of carbonyl (C=O) groups is 2. The molecule has 0 radical (unpaired) electrons. The lowest BCUT2D eigenvalue weighted by atomic mass is 10.1. The molecule has 0 saturated carbocycles. The highest BCUT2D eigenvalue weighted by molar-refractivity contribution is 6.03. The Bertz CT molecular complexity index is 1050. The molecule has 164 valence electrons. The second-order valence-corrected chi connectivity index (χ2v) is 7.66. The minimum Gasteiger partial charge on any atom is -0.348 e. The molecule has 1 saturated heterocycles. The van der Waals surface area contributed by atoms with Gasteiger partial charge in [0.1, 0.15) is 11.7 Å². The zero-order chi connectivity index (χ0) is 22.4. The average molecular weight is 434 g/mol. The SMILES string of the molecule is CC[C@H]1C(=O)Nc2c(C)nc(NC3CN(C(=O)c4cc(F)c(F)c(F)c4)C3)nc2N1C. The van der Waals surface area contributed by atoms with Crippen LogP contribution in [-0.4, -0.2) is 58.9 Å². The van der Waals surface area contributed by atoms with Gasteiger partial charge >= 0.3 is 0 Å². The minimum atomic E-state index is -1.61. The second-order valence-electron chi connectivity index (χ2n) is 7.66. The Hall–Kier alpha value is -3.37. The van der Waals surface area contributed by atoms with Crippen LogP contribution in [0.1, 0.15) is 29.4 Å². The minimum absolute atomic E-state index is 0.105. The average Bonchev–Trinajstić information content (AvgIpc) is 2.69. The molecule has 4 rings (SSSR count). The molecule has 0 aliphatic carbocycles. The fraction of sp³-hybridized carbons (Fsp3) is 0.400. The summed E-state index contributed by atoms with van der Waals surface area (Å²) >= 11 is 0. The number of nitrogens with one attached hydrogen (secondary N) is 2. The lowest BCUT2D eigenvalue weighted by Gasteiger charge is -2.40. The zero-order valence-electron chi connectivity index (χ0n) is 17.2. The van der Waals surface area contributed by atoms with E-state index in [4.69, 9.17) is 0 Å². The number of carbonyl (C=O) groups excluding carboxylic acids is 2. The number of benzene rings is 1. The van der Waals surface area contributed by atoms with Crippen LogP contribution in [0.4, 0.5) is 30.6 Å². The summed E-state index contributed by atoms with van der Waals surface area (Å²) in [5.74, 6) is -4.16. The van der Waals surface area contributed by atoms with Gasteiger partial charge in [-0.3, -0.25) is 9.59 Å². The molecule has 3 heterocycles. The van der Waals surface area contributed by atoms with Gasteiger partial charge in [0.25, 0.3) is 5.91 Å². The summed E-state index contributed by atoms with van der Waals surface area (Å²) in [5, 5.41) is 5.99. The van der Waals surface area contributed by atoms with Crippen LogP contribution in [0.3, 0.4) is 0 Å². The summed E-state index contributed by atoms with van der Waals surface area (Å²) in [7, 11) is 1.80. The van der Waals surface area contributed by atoms with E-state index in [1.165, 1.54) is 4.90 Å². The van der Waals surface area contributed by atoms with E-state index in [2.05, 4.69) is 20.6 Å². The molecule has 1 aromatic heterocycles. The molecule has 2 aliphatic heterocycles. The maximum Gasteiger partial charge on any atom is 0.254 e. The topological polar surface area (TPSA) is 90.5 Å². The maximum atomic E-state index is 13.4. The molecule has 2 aromatic rings. The number of hydrogen-bond donors (Lipinski definition) is 2. The number of aromatic nitrogens is 2. The van der Waals surface area contributed by atoms with Crippen LogP contribution in [0.5, 0.6) is 0 Å². The van der Waals surface area contributed by atoms with Gasteiger partial charge in [0.2, 0.25) is 11.9 Å². The molecule has 1 aromatic carbocycles. The molecule has 0 unspecified atom stereocenters. The molecular weight excluding hydrogens is 413 g/mol. The van der Waals surface area contributed by atoms with E-state index in [0.717, 1.165) is 0 Å². The number of rotatable bonds is 4. The van der Waals surface area contributed by atoms with E-state index in [9.17, 15) is 22.8 Å². The molecule has 1 fully saturated rings. The van der Waals surface area contributed by atoms with Crippen LogP contribution < -0.4 is 15.5 Å². The van der Waals surface area contributed by atoms with Crippen molar-refractivity contribution in [1.82, 2.24) is 14.9 Å². The van der Waals surface area contributed by atoms with Crippen molar-refractivity contribution in [2.45, 2.75) is 32.4 Å². The molecule has 1 atom stereocenters. The predicted molar refractivity (Wildman–Crippen MR) is 108 cm³/mol. The lowest BCUT2D eigenvalue weighted by molar-refractivity contribution is -0.117. The van der Waals surface area contributed by atoms with Crippen LogP contribution in [0.2, 0.25) is 0 Å². The van der Waals surface area contributed by atoms with Gasteiger partial charge in [0.05, 0.1) is 11.7 Å². The van der Waals surface area contributed by atoms with Gasteiger partial charge in [-0.05, 0) is 25.5 Å². The number of nitrogens with zero attached hydrogens (tertiary/aromatic N) is 4. The lowest BCUT2D eigenvalue weighted by Crippen LogP contribution is -2.57. The fourth-order valence-corrected chi connectivity index (χ4v) is 3.79. The summed E-state index contributed by atoms with van der Waals surface area (Å²) in [6, 6.07) is 0.877. The van der Waals surface area contributed by atoms with Crippen LogP contribution in [0.15, 0.2) is 12.1 Å². The molecule has 11 heteroatoms. The number of likely N-dealkylation sites (tertiary alicyclic amines) is 1. The Morgan fingerprint density at radius 1 is 1.23 bits per heavy atom. The molecule has 2 N–H and O–H groups in total. The molecular formula is C20H21F3N6O2. The highest BCUT2D eigenvalue weighted by Crippen LogP contribution is 2.33. The molecule has 2 aliphatic rings. The van der Waals surface area contributed by atoms with Crippen LogP contribution in [-0.2, 0) is 4.79 Å². The van der Waals surface area contributed by atoms with Gasteiger partial charge in [-0.1, -0.05) is 6.92 Å². The van der Waals surface area contributed by atoms with Crippen LogP contribution in [0.25, 0.3) is 0 Å². The third kappa shape index (κ3) is 3.64. The van der Waals surface area contributed by atoms with Crippen molar-refractivity contribution < 1.29 is 22.8 Å². The summed E-state index contributed by atoms with van der Waals surface area (Å²) in [4.78, 5) is 36.7. The normalized spacial score (nSPS) is 18.4. The number of amides is 2. The van der Waals surface area contributed by atoms with E-state index in [-0.39, 0.29) is 36.6 Å². The van der Waals surface area contributed by atoms with Crippen molar-refractivity contribution in [3.63, 3.8) is 0 Å². The van der Waals surface area contributed by atoms with Crippen molar-refractivity contribution in [2.24, 2.45) is 0 Å². The van der Waals surface area contributed by atoms with Crippen molar-refractivity contribution in [2.75, 3.05) is 35.7 Å². The Morgan fingerprint density at radius 2 is 1.87 bits per heavy atom. The quantitative estimate of drug-likeness (QED) is 0.718. The summed E-state index contributed by atoms with van der Waals surface area (Å²) in [6.07, 6.45) is 0.623. The number of hydrogen-bond acceptors (Lipinski definition) is 6. The largest absolute Gasteiger partial charge is 0.348 e. The van der Waals surface area contributed by atoms with Gasteiger partial charge in [-0.25, -0.2) is 18.2 Å². The molecule has 0 bridgehead atoms. The summed E-state index contributed by atoms with van der Waals surface area (Å²) in [6.45, 7) is 4.21. The van der Waals surface area contributed by atoms with Crippen LogP contribution >= 0.6 is 0 Å². The number of anilines is 3. The van der Waals surface area contributed by atoms with Crippen molar-refractivity contribution in [3.05, 3.63) is 40.8 Å². The Kier molecular flexibility index (Phi) is 5.19.